The molecule has 4 atom stereocenters. The Hall–Kier alpha value is -5.58. The second-order valence-electron chi connectivity index (χ2n) is 17.7. The van der Waals surface area contributed by atoms with Crippen molar-refractivity contribution in [2.75, 3.05) is 20.8 Å². The lowest BCUT2D eigenvalue weighted by Gasteiger charge is -2.39. The maximum absolute atomic E-state index is 13.9. The van der Waals surface area contributed by atoms with Crippen molar-refractivity contribution < 1.29 is 38.3 Å². The molecule has 4 aromatic rings. The van der Waals surface area contributed by atoms with Gasteiger partial charge in [-0.2, -0.15) is 5.06 Å². The summed E-state index contributed by atoms with van der Waals surface area (Å²) in [5.74, 6) is 0.619. The number of methoxy groups -OCH3 is 2. The second-order valence-corrected chi connectivity index (χ2v) is 17.7. The summed E-state index contributed by atoms with van der Waals surface area (Å²) in [7, 11) is 2.56. The third-order valence-corrected chi connectivity index (χ3v) is 13.2. The average molecular weight is 837 g/mol. The molecule has 2 aliphatic carbocycles. The maximum atomic E-state index is 13.9. The van der Waals surface area contributed by atoms with Crippen LogP contribution in [-0.2, 0) is 28.7 Å². The third-order valence-electron chi connectivity index (χ3n) is 13.2. The Labute approximate surface area is 355 Å². The lowest BCUT2D eigenvalue weighted by molar-refractivity contribution is -0.236. The fraction of sp³-hybridized carbons (Fsp3) is 0.511. The van der Waals surface area contributed by atoms with Crippen LogP contribution in [0.15, 0.2) is 60.9 Å². The first-order valence-electron chi connectivity index (χ1n) is 21.3. The summed E-state index contributed by atoms with van der Waals surface area (Å²) in [5.41, 5.74) is 3.74. The Morgan fingerprint density at radius 2 is 1.28 bits per heavy atom. The van der Waals surface area contributed by atoms with Gasteiger partial charge in [-0.05, 0) is 72.6 Å². The van der Waals surface area contributed by atoms with Gasteiger partial charge in [-0.1, -0.05) is 76.2 Å². The van der Waals surface area contributed by atoms with E-state index in [1.54, 1.807) is 6.20 Å². The molecule has 2 aliphatic heterocycles. The summed E-state index contributed by atoms with van der Waals surface area (Å²) in [5, 5.41) is 8.69. The average Bonchev–Trinajstić information content (AvgIpc) is 4.07. The molecule has 2 aromatic carbocycles. The Balaban J connectivity index is 0.956. The topological polar surface area (TPSA) is 193 Å². The largest absolute Gasteiger partial charge is 0.453 e. The van der Waals surface area contributed by atoms with Gasteiger partial charge in [0.2, 0.25) is 0 Å². The minimum absolute atomic E-state index is 0.146. The number of carbonyl (C=O) groups is 4. The minimum Gasteiger partial charge on any atom is -0.453 e. The predicted molar refractivity (Wildman–Crippen MR) is 224 cm³/mol. The molecular weight excluding hydrogens is 781 g/mol. The smallest absolute Gasteiger partial charge is 0.407 e. The molecule has 2 saturated carbocycles. The van der Waals surface area contributed by atoms with Gasteiger partial charge < -0.3 is 34.9 Å². The number of imidazole rings is 2. The van der Waals surface area contributed by atoms with E-state index in [1.807, 2.05) is 51.1 Å². The zero-order chi connectivity index (χ0) is 43.1. The number of aromatic nitrogens is 4. The highest BCUT2D eigenvalue weighted by Crippen LogP contribution is 2.52. The number of alkyl carbamates (subject to hydrolysis) is 2. The van der Waals surface area contributed by atoms with Crippen molar-refractivity contribution in [3.63, 3.8) is 0 Å². The van der Waals surface area contributed by atoms with Gasteiger partial charge in [0, 0.05) is 12.8 Å². The van der Waals surface area contributed by atoms with E-state index in [0.717, 1.165) is 90.7 Å². The molecular formula is C45H56N8O8. The number of H-pyrrole nitrogens is 2. The van der Waals surface area contributed by atoms with E-state index in [0.29, 0.717) is 12.2 Å². The quantitative estimate of drug-likeness (QED) is 0.0997. The Kier molecular flexibility index (Phi) is 11.5. The molecule has 16 nitrogen and oxygen atoms in total. The van der Waals surface area contributed by atoms with Crippen LogP contribution < -0.4 is 10.6 Å². The Bertz CT molecular complexity index is 2230. The van der Waals surface area contributed by atoms with Crippen molar-refractivity contribution in [1.82, 2.24) is 40.7 Å². The second kappa shape index (κ2) is 16.7. The van der Waals surface area contributed by atoms with Crippen LogP contribution in [0.3, 0.4) is 0 Å². The third kappa shape index (κ3) is 8.15. The van der Waals surface area contributed by atoms with E-state index >= 15 is 0 Å². The number of hydrogen-bond acceptors (Lipinski definition) is 11. The molecule has 2 saturated heterocycles. The van der Waals surface area contributed by atoms with Crippen LogP contribution in [-0.4, -0.2) is 98.0 Å². The predicted octanol–water partition coefficient (Wildman–Crippen LogP) is 7.19. The molecule has 16 heteroatoms. The number of nitrogens with one attached hydrogen (secondary N) is 4. The van der Waals surface area contributed by atoms with E-state index in [-0.39, 0.29) is 35.9 Å². The number of aromatic amines is 2. The summed E-state index contributed by atoms with van der Waals surface area (Å²) >= 11 is 0. The van der Waals surface area contributed by atoms with Crippen LogP contribution in [0, 0.1) is 11.8 Å². The number of aldehydes is 1. The first-order valence-corrected chi connectivity index (χ1v) is 21.3. The van der Waals surface area contributed by atoms with Gasteiger partial charge in [-0.15, -0.1) is 0 Å². The van der Waals surface area contributed by atoms with Crippen molar-refractivity contribution in [2.45, 2.75) is 114 Å². The van der Waals surface area contributed by atoms with E-state index in [1.165, 1.54) is 19.3 Å². The number of hydrogen-bond donors (Lipinski definition) is 4. The van der Waals surface area contributed by atoms with Crippen molar-refractivity contribution in [3.05, 3.63) is 72.6 Å². The Morgan fingerprint density at radius 3 is 1.74 bits per heavy atom. The number of benzene rings is 2. The standard InChI is InChI=1S/C45H56N8O8/c1-27(2)37(50-41(56)58-5)40(55)53-36(22-44(61-53)19-8-20-44)39-47-24-34(49-39)32-15-11-30(12-16-32)29-9-13-31(14-10-29)33-23-46-38(48-33)35-21-43(17-7-18-43)60-52(35)25-45(26-54,28(3)4)51-42(57)59-6/h9-16,23-24,26-28,35-37H,7-8,17-22,25H2,1-6H3,(H,46,48)(H,47,49)(H,50,56)(H,51,57)/t35-,36-,37-,45-/m0/s1. The molecule has 2 spiro atoms. The number of rotatable bonds is 13. The van der Waals surface area contributed by atoms with Crippen molar-refractivity contribution in [2.24, 2.45) is 11.8 Å². The zero-order valence-corrected chi connectivity index (χ0v) is 35.7. The summed E-state index contributed by atoms with van der Waals surface area (Å²) < 4.78 is 9.65. The molecule has 8 rings (SSSR count). The fourth-order valence-corrected chi connectivity index (χ4v) is 8.96. The first kappa shape index (κ1) is 42.1. The lowest BCUT2D eigenvalue weighted by Crippen LogP contribution is -2.60. The molecule has 61 heavy (non-hydrogen) atoms. The van der Waals surface area contributed by atoms with Crippen LogP contribution in [0.5, 0.6) is 0 Å². The summed E-state index contributed by atoms with van der Waals surface area (Å²) in [6, 6.07) is 15.0. The molecule has 4 heterocycles. The minimum atomic E-state index is -1.22. The maximum Gasteiger partial charge on any atom is 0.407 e. The number of carbonyl (C=O) groups excluding carboxylic acids is 4. The van der Waals surface area contributed by atoms with Gasteiger partial charge in [0.15, 0.2) is 0 Å². The normalized spacial score (nSPS) is 21.8. The highest BCUT2D eigenvalue weighted by atomic mass is 16.7. The molecule has 0 unspecified atom stereocenters. The highest BCUT2D eigenvalue weighted by molar-refractivity contribution is 5.86. The summed E-state index contributed by atoms with van der Waals surface area (Å²) in [6.45, 7) is 7.67. The molecule has 3 amide bonds. The number of nitrogens with zero attached hydrogens (tertiary/aromatic N) is 4. The van der Waals surface area contributed by atoms with Gasteiger partial charge in [0.25, 0.3) is 5.91 Å². The Morgan fingerprint density at radius 1 is 0.787 bits per heavy atom. The first-order chi connectivity index (χ1) is 29.3. The molecule has 4 fully saturated rings. The van der Waals surface area contributed by atoms with Gasteiger partial charge in [0.05, 0.1) is 61.8 Å². The summed E-state index contributed by atoms with van der Waals surface area (Å²) in [4.78, 5) is 80.2. The monoisotopic (exact) mass is 836 g/mol. The van der Waals surface area contributed by atoms with Crippen molar-refractivity contribution in [3.8, 4) is 33.6 Å². The van der Waals surface area contributed by atoms with Crippen LogP contribution in [0.25, 0.3) is 33.6 Å². The number of hydroxylamine groups is 4. The molecule has 324 valence electrons. The van der Waals surface area contributed by atoms with E-state index in [9.17, 15) is 19.2 Å². The van der Waals surface area contributed by atoms with Gasteiger partial charge in [-0.3, -0.25) is 14.5 Å². The van der Waals surface area contributed by atoms with E-state index in [2.05, 4.69) is 57.0 Å². The molecule has 4 N–H and O–H groups in total. The van der Waals surface area contributed by atoms with Crippen molar-refractivity contribution >= 4 is 24.4 Å². The van der Waals surface area contributed by atoms with E-state index < -0.39 is 35.4 Å². The number of amides is 3. The van der Waals surface area contributed by atoms with Crippen LogP contribution in [0.1, 0.15) is 103 Å². The summed E-state index contributed by atoms with van der Waals surface area (Å²) in [6.07, 6.45) is 10.1. The van der Waals surface area contributed by atoms with Crippen LogP contribution in [0.4, 0.5) is 9.59 Å². The number of ether oxygens (including phenoxy) is 2. The SMILES string of the molecule is COC(=O)N[C@H](C(=O)N1OC2(CCC2)C[C@H]1c1ncc(-c2ccc(-c3ccc(-c4cnc([C@@H]5CC6(CCC6)ON5C[C@@](C=O)(NC(=O)OC)C(C)C)[nH]4)cc3)cc2)[nH]1)C(C)C. The fourth-order valence-electron chi connectivity index (χ4n) is 8.96. The molecule has 4 aliphatic rings. The van der Waals surface area contributed by atoms with Crippen LogP contribution in [0.2, 0.25) is 0 Å². The van der Waals surface area contributed by atoms with E-state index in [4.69, 9.17) is 29.1 Å². The molecule has 0 bridgehead atoms. The van der Waals surface area contributed by atoms with Gasteiger partial charge in [0.1, 0.15) is 35.6 Å². The molecule has 2 aromatic heterocycles. The highest BCUT2D eigenvalue weighted by Gasteiger charge is 2.55. The van der Waals surface area contributed by atoms with Crippen molar-refractivity contribution in [1.29, 1.82) is 0 Å². The van der Waals surface area contributed by atoms with Gasteiger partial charge >= 0.3 is 12.2 Å². The van der Waals surface area contributed by atoms with Gasteiger partial charge in [-0.25, -0.2) is 24.6 Å². The lowest BCUT2D eigenvalue weighted by atomic mass is 9.76. The zero-order valence-electron chi connectivity index (χ0n) is 35.7. The van der Waals surface area contributed by atoms with Crippen LogP contribution >= 0.6 is 0 Å². The molecule has 0 radical (unpaired) electrons.